The molecule has 0 aromatic heterocycles. The SMILES string of the molecule is CC1CCC(Nc2cccc(S(N)(=O)=O)c2)CC1C. The van der Waals surface area contributed by atoms with Gasteiger partial charge in [-0.2, -0.15) is 0 Å². The Balaban J connectivity index is 2.08. The van der Waals surface area contributed by atoms with Crippen LogP contribution >= 0.6 is 0 Å². The number of benzene rings is 1. The number of hydrogen-bond donors (Lipinski definition) is 2. The van der Waals surface area contributed by atoms with Crippen LogP contribution in [0, 0.1) is 11.8 Å². The lowest BCUT2D eigenvalue weighted by molar-refractivity contribution is 0.261. The molecule has 0 aliphatic heterocycles. The first kappa shape index (κ1) is 14.3. The Kier molecular flexibility index (Phi) is 4.16. The molecule has 4 nitrogen and oxygen atoms in total. The van der Waals surface area contributed by atoms with E-state index in [4.69, 9.17) is 5.14 Å². The highest BCUT2D eigenvalue weighted by Gasteiger charge is 2.24. The quantitative estimate of drug-likeness (QED) is 0.895. The van der Waals surface area contributed by atoms with Gasteiger partial charge in [0, 0.05) is 11.7 Å². The monoisotopic (exact) mass is 282 g/mol. The summed E-state index contributed by atoms with van der Waals surface area (Å²) in [5, 5.41) is 8.57. The molecule has 3 atom stereocenters. The standard InChI is InChI=1S/C14H22N2O2S/c1-10-6-7-13(8-11(10)2)16-12-4-3-5-14(9-12)19(15,17)18/h3-5,9-11,13,16H,6-8H2,1-2H3,(H2,15,17,18). The first-order chi connectivity index (χ1) is 8.86. The number of anilines is 1. The summed E-state index contributed by atoms with van der Waals surface area (Å²) in [6.45, 7) is 4.57. The second-order valence-electron chi connectivity index (χ2n) is 5.68. The normalized spacial score (nSPS) is 28.1. The van der Waals surface area contributed by atoms with Crippen molar-refractivity contribution in [2.75, 3.05) is 5.32 Å². The molecular formula is C14H22N2O2S. The van der Waals surface area contributed by atoms with Crippen molar-refractivity contribution in [1.82, 2.24) is 0 Å². The van der Waals surface area contributed by atoms with Crippen LogP contribution in [-0.2, 0) is 10.0 Å². The van der Waals surface area contributed by atoms with Gasteiger partial charge in [0.1, 0.15) is 0 Å². The van der Waals surface area contributed by atoms with E-state index in [2.05, 4.69) is 19.2 Å². The molecule has 0 radical (unpaired) electrons. The van der Waals surface area contributed by atoms with Crippen LogP contribution in [-0.4, -0.2) is 14.5 Å². The molecule has 0 saturated heterocycles. The molecule has 0 spiro atoms. The summed E-state index contributed by atoms with van der Waals surface area (Å²) in [7, 11) is -3.63. The largest absolute Gasteiger partial charge is 0.382 e. The molecule has 5 heteroatoms. The van der Waals surface area contributed by atoms with E-state index < -0.39 is 10.0 Å². The maximum absolute atomic E-state index is 11.3. The lowest BCUT2D eigenvalue weighted by Crippen LogP contribution is -2.30. The fourth-order valence-electron chi connectivity index (χ4n) is 2.68. The minimum atomic E-state index is -3.63. The molecule has 3 N–H and O–H groups in total. The molecule has 1 saturated carbocycles. The molecule has 0 amide bonds. The molecule has 1 aromatic carbocycles. The second kappa shape index (κ2) is 5.51. The zero-order valence-electron chi connectivity index (χ0n) is 11.5. The van der Waals surface area contributed by atoms with Gasteiger partial charge in [-0.3, -0.25) is 0 Å². The zero-order valence-corrected chi connectivity index (χ0v) is 12.3. The molecule has 106 valence electrons. The van der Waals surface area contributed by atoms with Crippen molar-refractivity contribution in [2.24, 2.45) is 17.0 Å². The number of hydrogen-bond acceptors (Lipinski definition) is 3. The van der Waals surface area contributed by atoms with E-state index in [1.54, 1.807) is 12.1 Å². The third kappa shape index (κ3) is 3.70. The molecule has 0 bridgehead atoms. The third-order valence-corrected chi connectivity index (χ3v) is 5.04. The number of nitrogens with two attached hydrogens (primary N) is 1. The number of nitrogens with one attached hydrogen (secondary N) is 1. The minimum Gasteiger partial charge on any atom is -0.382 e. The Morgan fingerprint density at radius 1 is 1.21 bits per heavy atom. The molecule has 19 heavy (non-hydrogen) atoms. The van der Waals surface area contributed by atoms with Crippen LogP contribution in [0.25, 0.3) is 0 Å². The molecule has 1 fully saturated rings. The van der Waals surface area contributed by atoms with Crippen LogP contribution in [0.15, 0.2) is 29.2 Å². The highest BCUT2D eigenvalue weighted by Crippen LogP contribution is 2.31. The van der Waals surface area contributed by atoms with Crippen molar-refractivity contribution in [2.45, 2.75) is 44.0 Å². The van der Waals surface area contributed by atoms with Crippen LogP contribution in [0.3, 0.4) is 0 Å². The van der Waals surface area contributed by atoms with Gasteiger partial charge in [-0.05, 0) is 49.3 Å². The summed E-state index contributed by atoms with van der Waals surface area (Å²) >= 11 is 0. The van der Waals surface area contributed by atoms with E-state index in [0.29, 0.717) is 12.0 Å². The van der Waals surface area contributed by atoms with Gasteiger partial charge in [0.05, 0.1) is 4.90 Å². The summed E-state index contributed by atoms with van der Waals surface area (Å²) in [5.41, 5.74) is 0.832. The van der Waals surface area contributed by atoms with Crippen LogP contribution < -0.4 is 10.5 Å². The molecular weight excluding hydrogens is 260 g/mol. The summed E-state index contributed by atoms with van der Waals surface area (Å²) in [6.07, 6.45) is 3.47. The number of rotatable bonds is 3. The lowest BCUT2D eigenvalue weighted by atomic mass is 9.79. The van der Waals surface area contributed by atoms with E-state index >= 15 is 0 Å². The first-order valence-electron chi connectivity index (χ1n) is 6.75. The van der Waals surface area contributed by atoms with Crippen molar-refractivity contribution in [3.8, 4) is 0 Å². The Morgan fingerprint density at radius 3 is 2.58 bits per heavy atom. The van der Waals surface area contributed by atoms with Crippen LogP contribution in [0.5, 0.6) is 0 Å². The summed E-state index contributed by atoms with van der Waals surface area (Å²) < 4.78 is 22.6. The van der Waals surface area contributed by atoms with E-state index in [1.165, 1.54) is 12.5 Å². The smallest absolute Gasteiger partial charge is 0.238 e. The average molecular weight is 282 g/mol. The Labute approximate surface area is 115 Å². The fraction of sp³-hybridized carbons (Fsp3) is 0.571. The second-order valence-corrected chi connectivity index (χ2v) is 7.24. The van der Waals surface area contributed by atoms with Gasteiger partial charge in [-0.1, -0.05) is 19.9 Å². The van der Waals surface area contributed by atoms with E-state index in [0.717, 1.165) is 24.4 Å². The maximum atomic E-state index is 11.3. The minimum absolute atomic E-state index is 0.162. The number of sulfonamides is 1. The predicted molar refractivity (Wildman–Crippen MR) is 77.4 cm³/mol. The van der Waals surface area contributed by atoms with E-state index in [-0.39, 0.29) is 4.90 Å². The Hall–Kier alpha value is -1.07. The Bertz CT molecular complexity index is 542. The first-order valence-corrected chi connectivity index (χ1v) is 8.30. The molecule has 0 heterocycles. The molecule has 3 unspecified atom stereocenters. The van der Waals surface area contributed by atoms with Gasteiger partial charge in [0.25, 0.3) is 0 Å². The van der Waals surface area contributed by atoms with Gasteiger partial charge < -0.3 is 5.32 Å². The summed E-state index contributed by atoms with van der Waals surface area (Å²) in [6, 6.07) is 7.15. The third-order valence-electron chi connectivity index (χ3n) is 4.13. The van der Waals surface area contributed by atoms with Crippen LogP contribution in [0.2, 0.25) is 0 Å². The Morgan fingerprint density at radius 2 is 1.95 bits per heavy atom. The number of primary sulfonamides is 1. The highest BCUT2D eigenvalue weighted by molar-refractivity contribution is 7.89. The maximum Gasteiger partial charge on any atom is 0.238 e. The fourth-order valence-corrected chi connectivity index (χ4v) is 3.24. The average Bonchev–Trinajstić information content (AvgIpc) is 2.33. The predicted octanol–water partition coefficient (Wildman–Crippen LogP) is 2.57. The van der Waals surface area contributed by atoms with Gasteiger partial charge in [0.15, 0.2) is 0 Å². The van der Waals surface area contributed by atoms with Crippen molar-refractivity contribution in [3.63, 3.8) is 0 Å². The van der Waals surface area contributed by atoms with E-state index in [9.17, 15) is 8.42 Å². The van der Waals surface area contributed by atoms with Crippen LogP contribution in [0.1, 0.15) is 33.1 Å². The van der Waals surface area contributed by atoms with Gasteiger partial charge in [0.2, 0.25) is 10.0 Å². The summed E-state index contributed by atoms with van der Waals surface area (Å²) in [4.78, 5) is 0.162. The van der Waals surface area contributed by atoms with Crippen molar-refractivity contribution in [3.05, 3.63) is 24.3 Å². The van der Waals surface area contributed by atoms with Crippen molar-refractivity contribution < 1.29 is 8.42 Å². The lowest BCUT2D eigenvalue weighted by Gasteiger charge is -2.33. The molecule has 1 aliphatic carbocycles. The van der Waals surface area contributed by atoms with Gasteiger partial charge in [-0.25, -0.2) is 13.6 Å². The van der Waals surface area contributed by atoms with Crippen molar-refractivity contribution >= 4 is 15.7 Å². The van der Waals surface area contributed by atoms with Gasteiger partial charge >= 0.3 is 0 Å². The highest BCUT2D eigenvalue weighted by atomic mass is 32.2. The zero-order chi connectivity index (χ0) is 14.0. The van der Waals surface area contributed by atoms with E-state index in [1.807, 2.05) is 6.07 Å². The topological polar surface area (TPSA) is 72.2 Å². The molecule has 1 aliphatic rings. The summed E-state index contributed by atoms with van der Waals surface area (Å²) in [5.74, 6) is 1.47. The van der Waals surface area contributed by atoms with Crippen molar-refractivity contribution in [1.29, 1.82) is 0 Å². The molecule has 2 rings (SSSR count). The van der Waals surface area contributed by atoms with Gasteiger partial charge in [-0.15, -0.1) is 0 Å². The van der Waals surface area contributed by atoms with Crippen LogP contribution in [0.4, 0.5) is 5.69 Å². The molecule has 1 aromatic rings.